The zero-order valence-electron chi connectivity index (χ0n) is 12.0. The first-order valence-corrected chi connectivity index (χ1v) is 7.89. The lowest BCUT2D eigenvalue weighted by Gasteiger charge is -2.33. The van der Waals surface area contributed by atoms with Gasteiger partial charge in [0.25, 0.3) is 0 Å². The van der Waals surface area contributed by atoms with Gasteiger partial charge in [0.2, 0.25) is 0 Å². The Morgan fingerprint density at radius 3 is 2.84 bits per heavy atom. The topological polar surface area (TPSA) is 24.1 Å². The van der Waals surface area contributed by atoms with Gasteiger partial charge < -0.3 is 10.6 Å². The highest BCUT2D eigenvalue weighted by Gasteiger charge is 2.26. The molecule has 19 heavy (non-hydrogen) atoms. The smallest absolute Gasteiger partial charge is 0.0338 e. The summed E-state index contributed by atoms with van der Waals surface area (Å²) < 4.78 is 0. The molecule has 0 aromatic heterocycles. The summed E-state index contributed by atoms with van der Waals surface area (Å²) in [7, 11) is 0. The standard InChI is InChI=1S/C17H26N2/c1-13-6-2-5-9-16(13)19-17-10-11-18-12-14-7-3-4-8-15(14)17/h3-4,7-8,13,16-19H,2,5-6,9-12H2,1H3. The number of fused-ring (bicyclic) bond motifs is 1. The zero-order chi connectivity index (χ0) is 13.1. The van der Waals surface area contributed by atoms with Gasteiger partial charge in [0, 0.05) is 18.6 Å². The predicted octanol–water partition coefficient (Wildman–Crippen LogP) is 3.39. The van der Waals surface area contributed by atoms with Crippen LogP contribution in [0.1, 0.15) is 56.2 Å². The van der Waals surface area contributed by atoms with Crippen LogP contribution in [0.3, 0.4) is 0 Å². The van der Waals surface area contributed by atoms with E-state index in [-0.39, 0.29) is 0 Å². The molecular formula is C17H26N2. The Kier molecular flexibility index (Phi) is 4.19. The van der Waals surface area contributed by atoms with Gasteiger partial charge >= 0.3 is 0 Å². The number of hydrogen-bond acceptors (Lipinski definition) is 2. The first-order valence-electron chi connectivity index (χ1n) is 7.89. The van der Waals surface area contributed by atoms with Gasteiger partial charge in [-0.25, -0.2) is 0 Å². The van der Waals surface area contributed by atoms with Crippen LogP contribution in [-0.4, -0.2) is 12.6 Å². The van der Waals surface area contributed by atoms with Crippen molar-refractivity contribution in [1.82, 2.24) is 10.6 Å². The first kappa shape index (κ1) is 13.1. The van der Waals surface area contributed by atoms with Crippen LogP contribution >= 0.6 is 0 Å². The molecule has 2 nitrogen and oxygen atoms in total. The summed E-state index contributed by atoms with van der Waals surface area (Å²) in [6.45, 7) is 4.56. The molecule has 1 heterocycles. The lowest BCUT2D eigenvalue weighted by molar-refractivity contribution is 0.255. The third-order valence-electron chi connectivity index (χ3n) is 4.88. The summed E-state index contributed by atoms with van der Waals surface area (Å²) in [4.78, 5) is 0. The minimum absolute atomic E-state index is 0.539. The maximum atomic E-state index is 3.96. The van der Waals surface area contributed by atoms with E-state index in [2.05, 4.69) is 41.8 Å². The van der Waals surface area contributed by atoms with Gasteiger partial charge in [-0.15, -0.1) is 0 Å². The SMILES string of the molecule is CC1CCCCC1NC1CCNCc2ccccc21. The number of hydrogen-bond donors (Lipinski definition) is 2. The van der Waals surface area contributed by atoms with Crippen molar-refractivity contribution < 1.29 is 0 Å². The van der Waals surface area contributed by atoms with E-state index in [0.717, 1.165) is 19.0 Å². The zero-order valence-corrected chi connectivity index (χ0v) is 12.0. The molecule has 1 aromatic rings. The van der Waals surface area contributed by atoms with Crippen LogP contribution in [0.2, 0.25) is 0 Å². The molecule has 3 unspecified atom stereocenters. The summed E-state index contributed by atoms with van der Waals surface area (Å²) in [5.41, 5.74) is 2.99. The van der Waals surface area contributed by atoms with Crippen molar-refractivity contribution in [1.29, 1.82) is 0 Å². The Morgan fingerprint density at radius 1 is 1.11 bits per heavy atom. The Hall–Kier alpha value is -0.860. The van der Waals surface area contributed by atoms with E-state index in [0.29, 0.717) is 12.1 Å². The van der Waals surface area contributed by atoms with Crippen molar-refractivity contribution in [2.75, 3.05) is 6.54 Å². The Bertz CT molecular complexity index is 415. The van der Waals surface area contributed by atoms with Crippen molar-refractivity contribution in [2.24, 2.45) is 5.92 Å². The van der Waals surface area contributed by atoms with Crippen LogP contribution in [0.4, 0.5) is 0 Å². The lowest BCUT2D eigenvalue weighted by atomic mass is 9.84. The predicted molar refractivity (Wildman–Crippen MR) is 80.1 cm³/mol. The molecule has 1 fully saturated rings. The third-order valence-corrected chi connectivity index (χ3v) is 4.88. The molecule has 3 rings (SSSR count). The summed E-state index contributed by atoms with van der Waals surface area (Å²) >= 11 is 0. The molecule has 1 aliphatic carbocycles. The van der Waals surface area contributed by atoms with Gasteiger partial charge in [0.05, 0.1) is 0 Å². The van der Waals surface area contributed by atoms with E-state index in [4.69, 9.17) is 0 Å². The molecule has 1 aromatic carbocycles. The molecule has 3 atom stereocenters. The Morgan fingerprint density at radius 2 is 1.95 bits per heavy atom. The lowest BCUT2D eigenvalue weighted by Crippen LogP contribution is -2.40. The van der Waals surface area contributed by atoms with Gasteiger partial charge in [0.1, 0.15) is 0 Å². The second kappa shape index (κ2) is 6.06. The summed E-state index contributed by atoms with van der Waals surface area (Å²) in [6, 6.07) is 10.2. The van der Waals surface area contributed by atoms with Crippen molar-refractivity contribution in [2.45, 2.75) is 57.7 Å². The minimum Gasteiger partial charge on any atom is -0.313 e. The summed E-state index contributed by atoms with van der Waals surface area (Å²) in [6.07, 6.45) is 6.77. The summed E-state index contributed by atoms with van der Waals surface area (Å²) in [5.74, 6) is 0.831. The molecular weight excluding hydrogens is 232 g/mol. The molecule has 1 saturated carbocycles. The van der Waals surface area contributed by atoms with Crippen LogP contribution in [0.25, 0.3) is 0 Å². The van der Waals surface area contributed by atoms with Crippen molar-refractivity contribution >= 4 is 0 Å². The fraction of sp³-hybridized carbons (Fsp3) is 0.647. The highest BCUT2D eigenvalue weighted by molar-refractivity contribution is 5.31. The van der Waals surface area contributed by atoms with Gasteiger partial charge in [-0.3, -0.25) is 0 Å². The van der Waals surface area contributed by atoms with Crippen LogP contribution in [0, 0.1) is 5.92 Å². The highest BCUT2D eigenvalue weighted by Crippen LogP contribution is 2.29. The molecule has 0 radical (unpaired) electrons. The summed E-state index contributed by atoms with van der Waals surface area (Å²) in [5, 5.41) is 7.51. The van der Waals surface area contributed by atoms with E-state index < -0.39 is 0 Å². The molecule has 0 amide bonds. The normalized spacial score (nSPS) is 31.5. The fourth-order valence-corrected chi connectivity index (χ4v) is 3.66. The Balaban J connectivity index is 1.76. The van der Waals surface area contributed by atoms with Crippen LogP contribution in [-0.2, 0) is 6.54 Å². The average Bonchev–Trinajstić information content (AvgIpc) is 2.64. The second-order valence-corrected chi connectivity index (χ2v) is 6.25. The van der Waals surface area contributed by atoms with Crippen LogP contribution in [0.5, 0.6) is 0 Å². The van der Waals surface area contributed by atoms with E-state index in [1.165, 1.54) is 43.2 Å². The van der Waals surface area contributed by atoms with Gasteiger partial charge in [-0.1, -0.05) is 44.0 Å². The van der Waals surface area contributed by atoms with Crippen molar-refractivity contribution in [3.63, 3.8) is 0 Å². The maximum Gasteiger partial charge on any atom is 0.0338 e. The van der Waals surface area contributed by atoms with Gasteiger partial charge in [-0.2, -0.15) is 0 Å². The molecule has 0 bridgehead atoms. The maximum absolute atomic E-state index is 3.96. The van der Waals surface area contributed by atoms with E-state index in [1.54, 1.807) is 0 Å². The van der Waals surface area contributed by atoms with Crippen LogP contribution in [0.15, 0.2) is 24.3 Å². The third kappa shape index (κ3) is 3.01. The number of nitrogens with one attached hydrogen (secondary N) is 2. The highest BCUT2D eigenvalue weighted by atomic mass is 15.0. The first-order chi connectivity index (χ1) is 9.34. The molecule has 2 N–H and O–H groups in total. The van der Waals surface area contributed by atoms with Gasteiger partial charge in [-0.05, 0) is 42.9 Å². The number of rotatable bonds is 2. The largest absolute Gasteiger partial charge is 0.313 e. The molecule has 1 aliphatic heterocycles. The van der Waals surface area contributed by atoms with E-state index in [1.807, 2.05) is 0 Å². The second-order valence-electron chi connectivity index (χ2n) is 6.25. The Labute approximate surface area is 117 Å². The molecule has 0 spiro atoms. The quantitative estimate of drug-likeness (QED) is 0.849. The van der Waals surface area contributed by atoms with Crippen LogP contribution < -0.4 is 10.6 Å². The molecule has 2 heteroatoms. The molecule has 104 valence electrons. The monoisotopic (exact) mass is 258 g/mol. The molecule has 0 saturated heterocycles. The van der Waals surface area contributed by atoms with E-state index >= 15 is 0 Å². The number of benzene rings is 1. The average molecular weight is 258 g/mol. The van der Waals surface area contributed by atoms with Crippen molar-refractivity contribution in [3.8, 4) is 0 Å². The minimum atomic E-state index is 0.539. The van der Waals surface area contributed by atoms with Gasteiger partial charge in [0.15, 0.2) is 0 Å². The van der Waals surface area contributed by atoms with Crippen molar-refractivity contribution in [3.05, 3.63) is 35.4 Å². The molecule has 2 aliphatic rings. The fourth-order valence-electron chi connectivity index (χ4n) is 3.66. The van der Waals surface area contributed by atoms with E-state index in [9.17, 15) is 0 Å².